The van der Waals surface area contributed by atoms with Gasteiger partial charge in [-0.2, -0.15) is 0 Å². The number of aryl methyl sites for hydroxylation is 1. The average Bonchev–Trinajstić information content (AvgIpc) is 2.97. The Bertz CT molecular complexity index is 1100. The van der Waals surface area contributed by atoms with E-state index in [-0.39, 0.29) is 0 Å². The van der Waals surface area contributed by atoms with Crippen molar-refractivity contribution in [2.45, 2.75) is 38.5 Å². The molecule has 0 aromatic heterocycles. The van der Waals surface area contributed by atoms with Gasteiger partial charge in [-0.05, 0) is 99.6 Å². The Morgan fingerprint density at radius 3 is 2.00 bits per heavy atom. The number of benzene rings is 3. The molecule has 2 N–H and O–H groups in total. The Morgan fingerprint density at radius 1 is 0.605 bits per heavy atom. The Hall–Kier alpha value is -3.28. The third-order valence-corrected chi connectivity index (χ3v) is 6.69. The van der Waals surface area contributed by atoms with E-state index < -0.39 is 0 Å². The summed E-state index contributed by atoms with van der Waals surface area (Å²) in [6.45, 7) is 3.95. The zero-order chi connectivity index (χ0) is 26.8. The van der Waals surface area contributed by atoms with Crippen molar-refractivity contribution in [3.63, 3.8) is 0 Å². The first-order valence-corrected chi connectivity index (χ1v) is 13.7. The highest BCUT2D eigenvalue weighted by Gasteiger charge is 2.15. The van der Waals surface area contributed by atoms with Gasteiger partial charge in [-0.1, -0.05) is 60.7 Å². The highest BCUT2D eigenvalue weighted by atomic mass is 16.5. The maximum atomic E-state index is 5.79. The molecule has 3 aromatic carbocycles. The van der Waals surface area contributed by atoms with Gasteiger partial charge in [0.2, 0.25) is 0 Å². The van der Waals surface area contributed by atoms with Gasteiger partial charge in [0.25, 0.3) is 0 Å². The summed E-state index contributed by atoms with van der Waals surface area (Å²) in [7, 11) is 5.12. The number of nitrogens with one attached hydrogen (secondary N) is 2. The molecule has 0 saturated heterocycles. The summed E-state index contributed by atoms with van der Waals surface area (Å²) in [5.41, 5.74) is 5.15. The van der Waals surface area contributed by atoms with E-state index in [0.717, 1.165) is 82.0 Å². The van der Waals surface area contributed by atoms with E-state index in [1.165, 1.54) is 22.3 Å². The van der Waals surface area contributed by atoms with Gasteiger partial charge in [0.1, 0.15) is 5.75 Å². The molecule has 3 aromatic rings. The minimum Gasteiger partial charge on any atom is -0.497 e. The van der Waals surface area contributed by atoms with E-state index in [9.17, 15) is 0 Å². The fourth-order valence-corrected chi connectivity index (χ4v) is 4.59. The first kappa shape index (κ1) is 29.3. The monoisotopic (exact) mass is 516 g/mol. The molecule has 0 aliphatic heterocycles. The average molecular weight is 517 g/mol. The van der Waals surface area contributed by atoms with Crippen molar-refractivity contribution in [3.8, 4) is 17.2 Å². The molecular formula is C33H44N2O3. The van der Waals surface area contributed by atoms with Crippen LogP contribution in [0.4, 0.5) is 0 Å². The summed E-state index contributed by atoms with van der Waals surface area (Å²) in [6, 6.07) is 23.1. The van der Waals surface area contributed by atoms with Gasteiger partial charge >= 0.3 is 0 Å². The van der Waals surface area contributed by atoms with Gasteiger partial charge < -0.3 is 24.8 Å². The van der Waals surface area contributed by atoms with E-state index in [4.69, 9.17) is 14.2 Å². The van der Waals surface area contributed by atoms with Gasteiger partial charge in [-0.25, -0.2) is 0 Å². The lowest BCUT2D eigenvalue weighted by Crippen LogP contribution is -2.19. The van der Waals surface area contributed by atoms with E-state index in [1.54, 1.807) is 21.3 Å². The van der Waals surface area contributed by atoms with E-state index in [0.29, 0.717) is 0 Å². The summed E-state index contributed by atoms with van der Waals surface area (Å²) in [5, 5.41) is 7.11. The van der Waals surface area contributed by atoms with Gasteiger partial charge in [0.15, 0.2) is 11.5 Å². The van der Waals surface area contributed by atoms with Crippen molar-refractivity contribution in [1.82, 2.24) is 10.6 Å². The van der Waals surface area contributed by atoms with Crippen molar-refractivity contribution >= 4 is 0 Å². The molecule has 5 heteroatoms. The number of hydrogen-bond donors (Lipinski definition) is 2. The van der Waals surface area contributed by atoms with Gasteiger partial charge in [-0.3, -0.25) is 0 Å². The van der Waals surface area contributed by atoms with Crippen LogP contribution < -0.4 is 24.8 Å². The van der Waals surface area contributed by atoms with Crippen LogP contribution in [0.5, 0.6) is 17.2 Å². The zero-order valence-electron chi connectivity index (χ0n) is 23.3. The lowest BCUT2D eigenvalue weighted by Gasteiger charge is -2.17. The van der Waals surface area contributed by atoms with Crippen LogP contribution in [-0.4, -0.2) is 47.5 Å². The third-order valence-electron chi connectivity index (χ3n) is 6.69. The van der Waals surface area contributed by atoms with E-state index in [2.05, 4.69) is 71.3 Å². The predicted molar refractivity (Wildman–Crippen MR) is 158 cm³/mol. The molecule has 0 amide bonds. The zero-order valence-corrected chi connectivity index (χ0v) is 23.3. The van der Waals surface area contributed by atoms with Gasteiger partial charge in [0, 0.05) is 5.56 Å². The molecule has 0 radical (unpaired) electrons. The van der Waals surface area contributed by atoms with Crippen LogP contribution in [0.2, 0.25) is 0 Å². The van der Waals surface area contributed by atoms with Crippen LogP contribution in [-0.2, 0) is 25.7 Å². The van der Waals surface area contributed by atoms with Gasteiger partial charge in [-0.15, -0.1) is 0 Å². The fourth-order valence-electron chi connectivity index (χ4n) is 4.59. The highest BCUT2D eigenvalue weighted by Crippen LogP contribution is 2.34. The second kappa shape index (κ2) is 17.3. The molecule has 0 bridgehead atoms. The first-order valence-electron chi connectivity index (χ1n) is 13.7. The Morgan fingerprint density at radius 2 is 1.32 bits per heavy atom. The summed E-state index contributed by atoms with van der Waals surface area (Å²) in [4.78, 5) is 0. The van der Waals surface area contributed by atoms with Crippen molar-refractivity contribution < 1.29 is 14.2 Å². The van der Waals surface area contributed by atoms with Crippen LogP contribution in [0.15, 0.2) is 78.9 Å². The highest BCUT2D eigenvalue weighted by molar-refractivity contribution is 5.51. The Balaban J connectivity index is 1.38. The van der Waals surface area contributed by atoms with E-state index in [1.807, 2.05) is 18.2 Å². The smallest absolute Gasteiger partial charge is 0.164 e. The lowest BCUT2D eigenvalue weighted by molar-refractivity contribution is 0.351. The molecule has 0 saturated carbocycles. The van der Waals surface area contributed by atoms with E-state index >= 15 is 0 Å². The largest absolute Gasteiger partial charge is 0.497 e. The number of rotatable bonds is 18. The predicted octanol–water partition coefficient (Wildman–Crippen LogP) is 5.80. The molecule has 204 valence electrons. The normalized spacial score (nSPS) is 11.1. The number of ether oxygens (including phenoxy) is 3. The molecule has 0 aliphatic carbocycles. The van der Waals surface area contributed by atoms with Crippen LogP contribution in [0.3, 0.4) is 0 Å². The third kappa shape index (κ3) is 9.88. The van der Waals surface area contributed by atoms with Crippen LogP contribution in [0, 0.1) is 0 Å². The van der Waals surface area contributed by atoms with Crippen LogP contribution in [0.1, 0.15) is 35.1 Å². The Labute approximate surface area is 229 Å². The topological polar surface area (TPSA) is 51.8 Å². The van der Waals surface area contributed by atoms with Gasteiger partial charge in [0.05, 0.1) is 21.3 Å². The summed E-state index contributed by atoms with van der Waals surface area (Å²) in [5.74, 6) is 2.51. The summed E-state index contributed by atoms with van der Waals surface area (Å²) in [6.07, 6.45) is 10.5. The second-order valence-electron chi connectivity index (χ2n) is 9.32. The molecular weight excluding hydrogens is 472 g/mol. The van der Waals surface area contributed by atoms with Crippen molar-refractivity contribution in [2.75, 3.05) is 47.5 Å². The number of hydrogen-bond acceptors (Lipinski definition) is 5. The molecule has 5 nitrogen and oxygen atoms in total. The SMILES string of the molecule is COc1cccc(CCc2c(CCNCC/C=C/CCNCCc3ccccc3)ccc(OC)c2OC)c1. The minimum absolute atomic E-state index is 0.782. The molecule has 3 rings (SSSR count). The maximum Gasteiger partial charge on any atom is 0.164 e. The van der Waals surface area contributed by atoms with Crippen molar-refractivity contribution in [1.29, 1.82) is 0 Å². The molecule has 0 fully saturated rings. The minimum atomic E-state index is 0.782. The number of methoxy groups -OCH3 is 3. The Kier molecular flexibility index (Phi) is 13.3. The first-order chi connectivity index (χ1) is 18.7. The van der Waals surface area contributed by atoms with Crippen molar-refractivity contribution in [3.05, 3.63) is 101 Å². The lowest BCUT2D eigenvalue weighted by atomic mass is 9.96. The summed E-state index contributed by atoms with van der Waals surface area (Å²) < 4.78 is 16.8. The van der Waals surface area contributed by atoms with Crippen LogP contribution >= 0.6 is 0 Å². The molecule has 0 spiro atoms. The second-order valence-corrected chi connectivity index (χ2v) is 9.32. The maximum absolute atomic E-state index is 5.79. The molecule has 0 atom stereocenters. The fraction of sp³-hybridized carbons (Fsp3) is 0.394. The van der Waals surface area contributed by atoms with Crippen LogP contribution in [0.25, 0.3) is 0 Å². The molecule has 0 aliphatic rings. The quantitative estimate of drug-likeness (QED) is 0.165. The van der Waals surface area contributed by atoms with Crippen molar-refractivity contribution in [2.24, 2.45) is 0 Å². The summed E-state index contributed by atoms with van der Waals surface area (Å²) >= 11 is 0. The molecule has 38 heavy (non-hydrogen) atoms. The molecule has 0 unspecified atom stereocenters. The standard InChI is InChI=1S/C33H44N2O3/c1-36-30-15-11-14-28(26-30)16-18-31-29(17-19-32(37-2)33(31)38-3)21-25-35-23-10-5-4-9-22-34-24-20-27-12-7-6-8-13-27/h4-8,11-15,17,19,26,34-35H,9-10,16,18,20-25H2,1-3H3/b5-4+. The molecule has 0 heterocycles.